The molecule has 0 aromatic heterocycles. The topological polar surface area (TPSA) is 43.7 Å². The zero-order valence-corrected chi connectivity index (χ0v) is 11.3. The number of piperidine rings is 1. The van der Waals surface area contributed by atoms with Crippen molar-refractivity contribution < 1.29 is 10.2 Å². The molecule has 0 radical (unpaired) electrons. The summed E-state index contributed by atoms with van der Waals surface area (Å²) in [5.41, 5.74) is 0.661. The molecule has 18 heavy (non-hydrogen) atoms. The van der Waals surface area contributed by atoms with Crippen LogP contribution in [0.4, 0.5) is 0 Å². The third-order valence-electron chi connectivity index (χ3n) is 4.15. The van der Waals surface area contributed by atoms with Crippen LogP contribution in [0.15, 0.2) is 18.2 Å². The van der Waals surface area contributed by atoms with Crippen LogP contribution in [-0.2, 0) is 0 Å². The molecule has 3 nitrogen and oxygen atoms in total. The summed E-state index contributed by atoms with van der Waals surface area (Å²) in [7, 11) is 0. The highest BCUT2D eigenvalue weighted by Crippen LogP contribution is 2.37. The molecule has 1 aliphatic heterocycles. The number of hydrogen-bond acceptors (Lipinski definition) is 3. The molecule has 0 amide bonds. The molecule has 1 aromatic carbocycles. The first-order valence-corrected chi connectivity index (χ1v) is 6.88. The van der Waals surface area contributed by atoms with Crippen LogP contribution in [0.3, 0.4) is 0 Å². The summed E-state index contributed by atoms with van der Waals surface area (Å²) >= 11 is 0. The van der Waals surface area contributed by atoms with E-state index in [1.165, 1.54) is 19.3 Å². The van der Waals surface area contributed by atoms with Gasteiger partial charge in [-0.2, -0.15) is 0 Å². The zero-order valence-electron chi connectivity index (χ0n) is 11.3. The van der Waals surface area contributed by atoms with Gasteiger partial charge in [-0.05, 0) is 44.4 Å². The first-order chi connectivity index (χ1) is 8.63. The molecule has 0 bridgehead atoms. The summed E-state index contributed by atoms with van der Waals surface area (Å²) in [6.07, 6.45) is 3.71. The van der Waals surface area contributed by atoms with Crippen LogP contribution < -0.4 is 0 Å². The quantitative estimate of drug-likeness (QED) is 0.864. The van der Waals surface area contributed by atoms with Crippen molar-refractivity contribution in [2.75, 3.05) is 13.1 Å². The van der Waals surface area contributed by atoms with E-state index in [1.54, 1.807) is 18.2 Å². The number of aromatic hydroxyl groups is 2. The zero-order chi connectivity index (χ0) is 13.1. The highest BCUT2D eigenvalue weighted by atomic mass is 16.3. The standard InChI is InChI=1S/C15H23NO2/c1-3-12-6-5-9-16(10-12)11(2)15-13(17)7-4-8-14(15)18/h4,7-8,11-12,17-18H,3,5-6,9-10H2,1-2H3. The van der Waals surface area contributed by atoms with Crippen LogP contribution in [-0.4, -0.2) is 28.2 Å². The molecule has 1 aromatic rings. The Morgan fingerprint density at radius 1 is 1.33 bits per heavy atom. The SMILES string of the molecule is CCC1CCCN(C(C)c2c(O)cccc2O)C1. The lowest BCUT2D eigenvalue weighted by Crippen LogP contribution is -2.37. The molecule has 1 saturated heterocycles. The van der Waals surface area contributed by atoms with Crippen molar-refractivity contribution in [3.63, 3.8) is 0 Å². The molecule has 0 spiro atoms. The van der Waals surface area contributed by atoms with Crippen molar-refractivity contribution in [1.29, 1.82) is 0 Å². The van der Waals surface area contributed by atoms with Gasteiger partial charge in [0.2, 0.25) is 0 Å². The number of phenols is 2. The van der Waals surface area contributed by atoms with Gasteiger partial charge < -0.3 is 10.2 Å². The monoisotopic (exact) mass is 249 g/mol. The maximum atomic E-state index is 9.93. The number of rotatable bonds is 3. The second kappa shape index (κ2) is 5.61. The molecule has 1 fully saturated rings. The van der Waals surface area contributed by atoms with Crippen LogP contribution in [0.25, 0.3) is 0 Å². The molecule has 0 saturated carbocycles. The minimum atomic E-state index is 0.0700. The van der Waals surface area contributed by atoms with Crippen LogP contribution >= 0.6 is 0 Å². The van der Waals surface area contributed by atoms with Crippen molar-refractivity contribution in [3.05, 3.63) is 23.8 Å². The van der Waals surface area contributed by atoms with Crippen LogP contribution in [0.2, 0.25) is 0 Å². The van der Waals surface area contributed by atoms with Gasteiger partial charge in [0.25, 0.3) is 0 Å². The van der Waals surface area contributed by atoms with Gasteiger partial charge in [0, 0.05) is 12.6 Å². The van der Waals surface area contributed by atoms with Crippen molar-refractivity contribution in [2.24, 2.45) is 5.92 Å². The average molecular weight is 249 g/mol. The molecule has 3 heteroatoms. The number of likely N-dealkylation sites (tertiary alicyclic amines) is 1. The minimum absolute atomic E-state index is 0.0700. The van der Waals surface area contributed by atoms with Gasteiger partial charge in [-0.15, -0.1) is 0 Å². The molecular weight excluding hydrogens is 226 g/mol. The predicted octanol–water partition coefficient (Wildman–Crippen LogP) is 3.28. The van der Waals surface area contributed by atoms with Gasteiger partial charge >= 0.3 is 0 Å². The molecule has 100 valence electrons. The van der Waals surface area contributed by atoms with Gasteiger partial charge in [-0.3, -0.25) is 4.90 Å². The average Bonchev–Trinajstić information content (AvgIpc) is 2.38. The molecule has 2 unspecified atom stereocenters. The third-order valence-corrected chi connectivity index (χ3v) is 4.15. The largest absolute Gasteiger partial charge is 0.507 e. The van der Waals surface area contributed by atoms with Gasteiger partial charge in [0.1, 0.15) is 11.5 Å². The van der Waals surface area contributed by atoms with Crippen LogP contribution in [0.1, 0.15) is 44.7 Å². The summed E-state index contributed by atoms with van der Waals surface area (Å²) in [6, 6.07) is 5.03. The van der Waals surface area contributed by atoms with Crippen LogP contribution in [0, 0.1) is 5.92 Å². The maximum absolute atomic E-state index is 9.93. The Balaban J connectivity index is 2.17. The maximum Gasteiger partial charge on any atom is 0.124 e. The van der Waals surface area contributed by atoms with E-state index in [0.29, 0.717) is 5.56 Å². The first-order valence-electron chi connectivity index (χ1n) is 6.88. The van der Waals surface area contributed by atoms with Gasteiger partial charge in [-0.1, -0.05) is 19.4 Å². The summed E-state index contributed by atoms with van der Waals surface area (Å²) in [5, 5.41) is 19.9. The molecule has 2 atom stereocenters. The number of benzene rings is 1. The Kier molecular flexibility index (Phi) is 4.12. The summed E-state index contributed by atoms with van der Waals surface area (Å²) in [5.74, 6) is 1.14. The fraction of sp³-hybridized carbons (Fsp3) is 0.600. The summed E-state index contributed by atoms with van der Waals surface area (Å²) in [4.78, 5) is 2.37. The predicted molar refractivity (Wildman–Crippen MR) is 72.8 cm³/mol. The number of phenolic OH excluding ortho intramolecular Hbond substituents is 2. The van der Waals surface area contributed by atoms with E-state index in [2.05, 4.69) is 18.7 Å². The molecule has 1 heterocycles. The Morgan fingerprint density at radius 3 is 2.61 bits per heavy atom. The minimum Gasteiger partial charge on any atom is -0.507 e. The second-order valence-electron chi connectivity index (χ2n) is 5.30. The summed E-state index contributed by atoms with van der Waals surface area (Å²) < 4.78 is 0. The molecule has 2 rings (SSSR count). The molecular formula is C15H23NO2. The molecule has 1 aliphatic rings. The van der Waals surface area contributed by atoms with Crippen molar-refractivity contribution in [2.45, 2.75) is 39.2 Å². The highest BCUT2D eigenvalue weighted by Gasteiger charge is 2.26. The Hall–Kier alpha value is -1.22. The lowest BCUT2D eigenvalue weighted by Gasteiger charge is -2.37. The van der Waals surface area contributed by atoms with Gasteiger partial charge in [0.15, 0.2) is 0 Å². The third kappa shape index (κ3) is 2.61. The van der Waals surface area contributed by atoms with Crippen molar-refractivity contribution in [1.82, 2.24) is 4.90 Å². The van der Waals surface area contributed by atoms with Gasteiger partial charge in [0.05, 0.1) is 5.56 Å². The molecule has 2 N–H and O–H groups in total. The molecule has 0 aliphatic carbocycles. The Labute approximate surface area is 109 Å². The number of hydrogen-bond donors (Lipinski definition) is 2. The summed E-state index contributed by atoms with van der Waals surface area (Å²) in [6.45, 7) is 6.40. The van der Waals surface area contributed by atoms with E-state index in [9.17, 15) is 10.2 Å². The highest BCUT2D eigenvalue weighted by molar-refractivity contribution is 5.45. The second-order valence-corrected chi connectivity index (χ2v) is 5.30. The van der Waals surface area contributed by atoms with E-state index >= 15 is 0 Å². The lowest BCUT2D eigenvalue weighted by atomic mass is 9.93. The number of nitrogens with zero attached hydrogens (tertiary/aromatic N) is 1. The normalized spacial score (nSPS) is 22.9. The van der Waals surface area contributed by atoms with E-state index < -0.39 is 0 Å². The van der Waals surface area contributed by atoms with Crippen molar-refractivity contribution >= 4 is 0 Å². The fourth-order valence-corrected chi connectivity index (χ4v) is 2.93. The first kappa shape index (κ1) is 13.2. The van der Waals surface area contributed by atoms with Gasteiger partial charge in [-0.25, -0.2) is 0 Å². The van der Waals surface area contributed by atoms with E-state index in [4.69, 9.17) is 0 Å². The Bertz CT molecular complexity index is 385. The fourth-order valence-electron chi connectivity index (χ4n) is 2.93. The lowest BCUT2D eigenvalue weighted by molar-refractivity contribution is 0.126. The van der Waals surface area contributed by atoms with Crippen molar-refractivity contribution in [3.8, 4) is 11.5 Å². The van der Waals surface area contributed by atoms with E-state index in [0.717, 1.165) is 19.0 Å². The Morgan fingerprint density at radius 2 is 2.00 bits per heavy atom. The van der Waals surface area contributed by atoms with E-state index in [1.807, 2.05) is 0 Å². The van der Waals surface area contributed by atoms with Crippen LogP contribution in [0.5, 0.6) is 11.5 Å². The smallest absolute Gasteiger partial charge is 0.124 e. The van der Waals surface area contributed by atoms with E-state index in [-0.39, 0.29) is 17.5 Å².